The van der Waals surface area contributed by atoms with Gasteiger partial charge in [0.05, 0.1) is 33.3 Å². The van der Waals surface area contributed by atoms with Crippen molar-refractivity contribution in [2.75, 3.05) is 44.9 Å². The Morgan fingerprint density at radius 1 is 1.07 bits per heavy atom. The first-order valence-electron chi connectivity index (χ1n) is 9.02. The first-order chi connectivity index (χ1) is 13.2. The van der Waals surface area contributed by atoms with E-state index in [0.29, 0.717) is 11.3 Å². The van der Waals surface area contributed by atoms with Gasteiger partial charge in [-0.3, -0.25) is 9.59 Å². The van der Waals surface area contributed by atoms with E-state index in [2.05, 4.69) is 10.2 Å². The third-order valence-corrected chi connectivity index (χ3v) is 4.56. The third-order valence-electron chi connectivity index (χ3n) is 4.56. The van der Waals surface area contributed by atoms with Gasteiger partial charge in [-0.25, -0.2) is 0 Å². The van der Waals surface area contributed by atoms with Gasteiger partial charge >= 0.3 is 0 Å². The van der Waals surface area contributed by atoms with Crippen molar-refractivity contribution in [3.8, 4) is 5.75 Å². The molecular weight excluding hydrogens is 344 g/mol. The Labute approximate surface area is 159 Å². The molecule has 1 amide bonds. The van der Waals surface area contributed by atoms with E-state index >= 15 is 0 Å². The largest absolute Gasteiger partial charge is 0.496 e. The van der Waals surface area contributed by atoms with Gasteiger partial charge in [-0.2, -0.15) is 0 Å². The maximum Gasteiger partial charge on any atom is 0.224 e. The summed E-state index contributed by atoms with van der Waals surface area (Å²) in [6.07, 6.45) is 0.174. The highest BCUT2D eigenvalue weighted by Gasteiger charge is 2.13. The van der Waals surface area contributed by atoms with Gasteiger partial charge in [-0.05, 0) is 30.3 Å². The van der Waals surface area contributed by atoms with E-state index in [9.17, 15) is 9.59 Å². The second kappa shape index (κ2) is 9.19. The molecule has 142 valence electrons. The van der Waals surface area contributed by atoms with Crippen LogP contribution in [0.5, 0.6) is 5.75 Å². The normalized spacial score (nSPS) is 13.9. The van der Waals surface area contributed by atoms with Crippen molar-refractivity contribution < 1.29 is 19.1 Å². The van der Waals surface area contributed by atoms with Gasteiger partial charge < -0.3 is 19.7 Å². The number of nitrogens with one attached hydrogen (secondary N) is 1. The van der Waals surface area contributed by atoms with Crippen LogP contribution < -0.4 is 15.0 Å². The number of hydrogen-bond acceptors (Lipinski definition) is 5. The van der Waals surface area contributed by atoms with Crippen LogP contribution >= 0.6 is 0 Å². The Balaban J connectivity index is 1.52. The minimum atomic E-state index is -0.210. The van der Waals surface area contributed by atoms with Crippen LogP contribution in [0.15, 0.2) is 48.5 Å². The topological polar surface area (TPSA) is 67.9 Å². The molecule has 0 aromatic heterocycles. The Morgan fingerprint density at radius 2 is 1.78 bits per heavy atom. The average molecular weight is 368 g/mol. The SMILES string of the molecule is COc1ccccc1CC(=O)NCC(=O)c1ccc(N2CCOCC2)cc1. The zero-order chi connectivity index (χ0) is 19.1. The molecular formula is C21H24N2O4. The summed E-state index contributed by atoms with van der Waals surface area (Å²) >= 11 is 0. The first-order valence-corrected chi connectivity index (χ1v) is 9.02. The lowest BCUT2D eigenvalue weighted by Gasteiger charge is -2.28. The van der Waals surface area contributed by atoms with Crippen molar-refractivity contribution in [3.63, 3.8) is 0 Å². The molecule has 6 nitrogen and oxygen atoms in total. The highest BCUT2D eigenvalue weighted by Crippen LogP contribution is 2.18. The fourth-order valence-electron chi connectivity index (χ4n) is 3.05. The van der Waals surface area contributed by atoms with E-state index in [1.165, 1.54) is 0 Å². The minimum absolute atomic E-state index is 0.0229. The molecule has 0 atom stereocenters. The average Bonchev–Trinajstić information content (AvgIpc) is 2.73. The molecule has 27 heavy (non-hydrogen) atoms. The van der Waals surface area contributed by atoms with Crippen LogP contribution in [0.3, 0.4) is 0 Å². The maximum atomic E-state index is 12.3. The molecule has 1 N–H and O–H groups in total. The van der Waals surface area contributed by atoms with Crippen LogP contribution in [0, 0.1) is 0 Å². The van der Waals surface area contributed by atoms with Gasteiger partial charge in [-0.1, -0.05) is 18.2 Å². The number of ketones is 1. The second-order valence-corrected chi connectivity index (χ2v) is 6.33. The summed E-state index contributed by atoms with van der Waals surface area (Å²) in [7, 11) is 1.57. The van der Waals surface area contributed by atoms with Gasteiger partial charge in [0.15, 0.2) is 5.78 Å². The van der Waals surface area contributed by atoms with E-state index < -0.39 is 0 Å². The van der Waals surface area contributed by atoms with Crippen molar-refractivity contribution in [2.24, 2.45) is 0 Å². The Morgan fingerprint density at radius 3 is 2.48 bits per heavy atom. The van der Waals surface area contributed by atoms with Gasteiger partial charge in [0, 0.05) is 29.9 Å². The number of nitrogens with zero attached hydrogens (tertiary/aromatic N) is 1. The molecule has 1 aliphatic rings. The van der Waals surface area contributed by atoms with Crippen LogP contribution in [0.4, 0.5) is 5.69 Å². The van der Waals surface area contributed by atoms with Crippen molar-refractivity contribution in [1.29, 1.82) is 0 Å². The molecule has 1 saturated heterocycles. The molecule has 2 aromatic carbocycles. The molecule has 0 radical (unpaired) electrons. The van der Waals surface area contributed by atoms with Crippen molar-refractivity contribution in [3.05, 3.63) is 59.7 Å². The summed E-state index contributed by atoms with van der Waals surface area (Å²) in [6.45, 7) is 3.13. The molecule has 3 rings (SSSR count). The molecule has 1 heterocycles. The van der Waals surface area contributed by atoms with Crippen LogP contribution in [-0.4, -0.2) is 51.6 Å². The molecule has 1 fully saturated rings. The zero-order valence-electron chi connectivity index (χ0n) is 15.4. The number of anilines is 1. The maximum absolute atomic E-state index is 12.3. The van der Waals surface area contributed by atoms with Crippen LogP contribution in [-0.2, 0) is 16.0 Å². The fraction of sp³-hybridized carbons (Fsp3) is 0.333. The number of para-hydroxylation sites is 1. The van der Waals surface area contributed by atoms with Crippen LogP contribution in [0.1, 0.15) is 15.9 Å². The van der Waals surface area contributed by atoms with Crippen LogP contribution in [0.2, 0.25) is 0 Å². The lowest BCUT2D eigenvalue weighted by Crippen LogP contribution is -2.36. The molecule has 0 saturated carbocycles. The van der Waals surface area contributed by atoms with Gasteiger partial charge in [0.25, 0.3) is 0 Å². The summed E-state index contributed by atoms with van der Waals surface area (Å²) in [5.41, 5.74) is 2.46. The van der Waals surface area contributed by atoms with Gasteiger partial charge in [0.2, 0.25) is 5.91 Å². The Bertz CT molecular complexity index is 783. The number of Topliss-reactive ketones (excluding diaryl/α,β-unsaturated/α-hetero) is 1. The fourth-order valence-corrected chi connectivity index (χ4v) is 3.05. The van der Waals surface area contributed by atoms with E-state index in [4.69, 9.17) is 9.47 Å². The van der Waals surface area contributed by atoms with E-state index in [1.807, 2.05) is 36.4 Å². The number of methoxy groups -OCH3 is 1. The first kappa shape index (κ1) is 18.9. The van der Waals surface area contributed by atoms with Crippen LogP contribution in [0.25, 0.3) is 0 Å². The van der Waals surface area contributed by atoms with Crippen molar-refractivity contribution in [1.82, 2.24) is 5.32 Å². The predicted molar refractivity (Wildman–Crippen MR) is 104 cm³/mol. The molecule has 0 bridgehead atoms. The summed E-state index contributed by atoms with van der Waals surface area (Å²) in [5.74, 6) is 0.340. The number of carbonyl (C=O) groups excluding carboxylic acids is 2. The standard InChI is InChI=1S/C21H24N2O4/c1-26-20-5-3-2-4-17(20)14-21(25)22-15-19(24)16-6-8-18(9-7-16)23-10-12-27-13-11-23/h2-9H,10-15H2,1H3,(H,22,25). The second-order valence-electron chi connectivity index (χ2n) is 6.33. The molecule has 0 spiro atoms. The zero-order valence-corrected chi connectivity index (χ0v) is 15.4. The lowest BCUT2D eigenvalue weighted by molar-refractivity contribution is -0.120. The Kier molecular flexibility index (Phi) is 6.44. The number of rotatable bonds is 7. The summed E-state index contributed by atoms with van der Waals surface area (Å²) in [4.78, 5) is 26.7. The van der Waals surface area contributed by atoms with Gasteiger partial charge in [0.1, 0.15) is 5.75 Å². The van der Waals surface area contributed by atoms with Crippen molar-refractivity contribution in [2.45, 2.75) is 6.42 Å². The number of amides is 1. The summed E-state index contributed by atoms with van der Waals surface area (Å²) < 4.78 is 10.6. The number of carbonyl (C=O) groups is 2. The van der Waals surface area contributed by atoms with E-state index in [0.717, 1.165) is 37.6 Å². The molecule has 2 aromatic rings. The molecule has 0 unspecified atom stereocenters. The predicted octanol–water partition coefficient (Wildman–Crippen LogP) is 2.07. The molecule has 1 aliphatic heterocycles. The van der Waals surface area contributed by atoms with E-state index in [-0.39, 0.29) is 24.7 Å². The number of morpholine rings is 1. The monoisotopic (exact) mass is 368 g/mol. The number of benzene rings is 2. The van der Waals surface area contributed by atoms with E-state index in [1.54, 1.807) is 19.2 Å². The molecule has 6 heteroatoms. The number of hydrogen-bond donors (Lipinski definition) is 1. The third kappa shape index (κ3) is 5.08. The Hall–Kier alpha value is -2.86. The minimum Gasteiger partial charge on any atom is -0.496 e. The quantitative estimate of drug-likeness (QED) is 0.758. The highest BCUT2D eigenvalue weighted by atomic mass is 16.5. The lowest BCUT2D eigenvalue weighted by atomic mass is 10.1. The molecule has 0 aliphatic carbocycles. The van der Waals surface area contributed by atoms with Gasteiger partial charge in [-0.15, -0.1) is 0 Å². The summed E-state index contributed by atoms with van der Waals surface area (Å²) in [5, 5.41) is 2.69. The number of ether oxygens (including phenoxy) is 2. The van der Waals surface area contributed by atoms with Crippen molar-refractivity contribution >= 4 is 17.4 Å². The smallest absolute Gasteiger partial charge is 0.224 e. The summed E-state index contributed by atoms with van der Waals surface area (Å²) in [6, 6.07) is 14.8. The highest BCUT2D eigenvalue weighted by molar-refractivity contribution is 5.99.